The average Bonchev–Trinajstić information content (AvgIpc) is 1.31. The highest BCUT2D eigenvalue weighted by atomic mass is 16.5. The number of aryl methyl sites for hydroxylation is 1. The number of para-hydroxylation sites is 3. The topological polar surface area (TPSA) is 40.8 Å². The second-order valence-corrected chi connectivity index (χ2v) is 20.9. The molecule has 1 unspecified atom stereocenters. The lowest BCUT2D eigenvalue weighted by molar-refractivity contribution is -0.701. The highest BCUT2D eigenvalue weighted by Gasteiger charge is 2.41. The van der Waals surface area contributed by atoms with Crippen LogP contribution in [0.1, 0.15) is 80.7 Å². The largest absolute Gasteiger partial charge is 0.458 e. The summed E-state index contributed by atoms with van der Waals surface area (Å²) in [4.78, 5) is 5.16. The fourth-order valence-corrected chi connectivity index (χ4v) is 11.5. The van der Waals surface area contributed by atoms with E-state index in [2.05, 4.69) is 45.3 Å². The molecular weight excluding hydrogens is 915 g/mol. The van der Waals surface area contributed by atoms with Crippen LogP contribution in [0, 0.1) is 13.2 Å². The Kier molecular flexibility index (Phi) is 7.37. The van der Waals surface area contributed by atoms with Crippen LogP contribution in [0.2, 0.25) is 0 Å². The van der Waals surface area contributed by atoms with Gasteiger partial charge in [0.05, 0.1) is 64.4 Å². The molecule has 12 bridgehead atoms. The zero-order valence-electron chi connectivity index (χ0n) is 54.7. The van der Waals surface area contributed by atoms with Crippen LogP contribution in [-0.4, -0.2) is 18.7 Å². The molecule has 1 atom stereocenters. The zero-order valence-corrected chi connectivity index (χ0v) is 41.7. The molecule has 0 amide bonds. The molecule has 0 radical (unpaired) electrons. The van der Waals surface area contributed by atoms with Crippen molar-refractivity contribution in [1.82, 2.24) is 18.7 Å². The van der Waals surface area contributed by atoms with Crippen LogP contribution in [0.15, 0.2) is 218 Å². The summed E-state index contributed by atoms with van der Waals surface area (Å²) in [6.07, 6.45) is 5.39. The van der Waals surface area contributed by atoms with Gasteiger partial charge in [-0.15, -0.1) is 0 Å². The number of rotatable bonds is 3. The molecule has 7 heterocycles. The summed E-state index contributed by atoms with van der Waals surface area (Å²) < 4.78 is 134. The monoisotopic (exact) mass is 983 g/mol. The summed E-state index contributed by atoms with van der Waals surface area (Å²) in [5.74, 6) is 1.35. The van der Waals surface area contributed by atoms with Crippen molar-refractivity contribution in [2.75, 3.05) is 0 Å². The van der Waals surface area contributed by atoms with E-state index >= 15 is 0 Å². The highest BCUT2D eigenvalue weighted by molar-refractivity contribution is 6.11. The lowest BCUT2D eigenvalue weighted by Gasteiger charge is -2.37. The van der Waals surface area contributed by atoms with Crippen LogP contribution in [-0.2, 0) is 10.8 Å². The predicted octanol–water partition coefficient (Wildman–Crippen LogP) is 16.9. The maximum atomic E-state index is 9.56. The second-order valence-electron chi connectivity index (χ2n) is 20.9. The van der Waals surface area contributed by atoms with Crippen LogP contribution in [0.3, 0.4) is 0 Å². The second kappa shape index (κ2) is 16.8. The third kappa shape index (κ3) is 7.07. The molecule has 3 aliphatic rings. The van der Waals surface area contributed by atoms with Gasteiger partial charge in [0.1, 0.15) is 23.4 Å². The van der Waals surface area contributed by atoms with Gasteiger partial charge in [-0.2, -0.15) is 0 Å². The third-order valence-electron chi connectivity index (χ3n) is 15.1. The molecular formula is C69H55N5O. The van der Waals surface area contributed by atoms with E-state index in [1.165, 1.54) is 0 Å². The Morgan fingerprint density at radius 1 is 0.600 bits per heavy atom. The zero-order chi connectivity index (χ0) is 61.9. The molecule has 0 aliphatic carbocycles. The molecule has 0 fully saturated rings. The number of aromatic nitrogens is 5. The van der Waals surface area contributed by atoms with Gasteiger partial charge in [0, 0.05) is 42.7 Å². The summed E-state index contributed by atoms with van der Waals surface area (Å²) >= 11 is 0. The summed E-state index contributed by atoms with van der Waals surface area (Å²) in [6.45, 7) is 7.79. The Morgan fingerprint density at radius 3 is 2.00 bits per heavy atom. The Balaban J connectivity index is 1.16. The maximum Gasteiger partial charge on any atom is 0.244 e. The normalized spacial score (nSPS) is 17.0. The van der Waals surface area contributed by atoms with Gasteiger partial charge in [-0.3, -0.25) is 4.57 Å². The summed E-state index contributed by atoms with van der Waals surface area (Å²) in [7, 11) is 0. The third-order valence-corrected chi connectivity index (χ3v) is 15.1. The van der Waals surface area contributed by atoms with Crippen molar-refractivity contribution < 1.29 is 27.1 Å². The van der Waals surface area contributed by atoms with E-state index in [-0.39, 0.29) is 38.8 Å². The number of ether oxygens (including phenoxy) is 1. The Morgan fingerprint density at radius 2 is 1.25 bits per heavy atom. The van der Waals surface area contributed by atoms with E-state index in [1.807, 2.05) is 141 Å². The molecule has 0 saturated heterocycles. The number of imidazole rings is 1. The van der Waals surface area contributed by atoms with Crippen LogP contribution >= 0.6 is 0 Å². The fraction of sp³-hybridized carbons (Fsp3) is 0.130. The first-order valence-corrected chi connectivity index (χ1v) is 25.0. The lowest BCUT2D eigenvalue weighted by Crippen LogP contribution is -2.50. The smallest absolute Gasteiger partial charge is 0.244 e. The molecule has 0 N–H and O–H groups in total. The average molecular weight is 983 g/mol. The molecule has 3 aliphatic heterocycles. The first kappa shape index (κ1) is 32.9. The number of hydrogen-bond acceptors (Lipinski definition) is 2. The van der Waals surface area contributed by atoms with Gasteiger partial charge in [-0.1, -0.05) is 180 Å². The molecule has 6 nitrogen and oxygen atoms in total. The molecule has 16 rings (SSSR count). The lowest BCUT2D eigenvalue weighted by atomic mass is 9.71. The van der Waals surface area contributed by atoms with E-state index in [4.69, 9.17) is 17.9 Å². The van der Waals surface area contributed by atoms with Crippen LogP contribution < -0.4 is 9.30 Å². The molecule has 4 aromatic heterocycles. The summed E-state index contributed by atoms with van der Waals surface area (Å²) in [5.41, 5.74) is 5.78. The van der Waals surface area contributed by atoms with Crippen LogP contribution in [0.25, 0.3) is 94.1 Å². The van der Waals surface area contributed by atoms with Crippen LogP contribution in [0.4, 0.5) is 0 Å². The first-order chi connectivity index (χ1) is 41.8. The minimum Gasteiger partial charge on any atom is -0.458 e. The van der Waals surface area contributed by atoms with E-state index in [0.29, 0.717) is 50.8 Å². The number of hydrogen-bond donors (Lipinski definition) is 0. The van der Waals surface area contributed by atoms with E-state index in [9.17, 15) is 9.60 Å². The Bertz CT molecular complexity index is 5020. The van der Waals surface area contributed by atoms with Gasteiger partial charge in [0.2, 0.25) is 6.33 Å². The summed E-state index contributed by atoms with van der Waals surface area (Å²) in [5, 5.41) is 3.42. The Hall–Kier alpha value is -9.00. The molecule has 9 aromatic carbocycles. The number of pyridine rings is 1. The molecule has 0 saturated carbocycles. The molecule has 75 heavy (non-hydrogen) atoms. The van der Waals surface area contributed by atoms with Crippen LogP contribution in [0.5, 0.6) is 11.5 Å². The van der Waals surface area contributed by atoms with Crippen molar-refractivity contribution in [2.45, 2.75) is 58.3 Å². The van der Waals surface area contributed by atoms with Gasteiger partial charge in [0.25, 0.3) is 0 Å². The fourth-order valence-electron chi connectivity index (χ4n) is 11.5. The molecule has 362 valence electrons. The maximum absolute atomic E-state index is 9.56. The SMILES string of the molecule is [2H]c1c([2H])c([2H])c(-c2cccc(-c3c([2H])c([2H])c([2H])c([2H])c3[2H])c2C2[n+]3[c-]n(c4ccccc43)-c3cccc(c3)Oc3ccc4c5ccccc5n(c4c3)-c3cc(C([2H])([2H])[2H])c(cn3)-n3c4ccc(C(C)(C)C)cc4c4cc(ccc43)C2(C)C)c([2H])c1[2H]. The van der Waals surface area contributed by atoms with Crippen molar-refractivity contribution in [1.29, 1.82) is 0 Å². The number of nitrogens with zero attached hydrogens (tertiary/aromatic N) is 5. The van der Waals surface area contributed by atoms with Gasteiger partial charge in [-0.05, 0) is 112 Å². The van der Waals surface area contributed by atoms with Crippen molar-refractivity contribution >= 4 is 54.6 Å². The van der Waals surface area contributed by atoms with Gasteiger partial charge >= 0.3 is 0 Å². The minimum absolute atomic E-state index is 0.0609. The quantitative estimate of drug-likeness (QED) is 0.131. The van der Waals surface area contributed by atoms with Crippen molar-refractivity contribution in [2.24, 2.45) is 0 Å². The van der Waals surface area contributed by atoms with Crippen molar-refractivity contribution in [3.63, 3.8) is 0 Å². The molecule has 6 heteroatoms. The van der Waals surface area contributed by atoms with Gasteiger partial charge < -0.3 is 18.4 Å². The number of fused-ring (bicyclic) bond motifs is 5. The van der Waals surface area contributed by atoms with Gasteiger partial charge in [-0.25, -0.2) is 4.98 Å². The minimum atomic E-state index is -2.65. The predicted molar refractivity (Wildman–Crippen MR) is 307 cm³/mol. The van der Waals surface area contributed by atoms with E-state index < -0.39 is 78.7 Å². The first-order valence-electron chi connectivity index (χ1n) is 31.5. The standard InChI is InChI=1S/C69H55N5O/c1-44-37-65-70-42-64(44)73-59-35-31-47(68(2,3)4)38-56(59)57-39-48(32-36-60(57)73)69(5,6)67(66-52(45-19-9-7-10-20-45)26-18-27-53(66)46-21-11-8-12-22-46)72-43-71(61-29-15-16-30-62(61)72)49-23-17-24-50(40-49)75-51-33-34-55-54-25-13-14-28-58(54)74(65)63(55)41-51/h7-42,67H,1-6H3/i1D3,7D,8D,9D,10D,11D,12D,19D,20D,21D,22D. The Labute approximate surface area is 455 Å². The number of benzene rings is 9. The molecule has 0 spiro atoms. The van der Waals surface area contributed by atoms with Gasteiger partial charge in [0.15, 0.2) is 0 Å². The van der Waals surface area contributed by atoms with E-state index in [1.54, 1.807) is 30.5 Å². The van der Waals surface area contributed by atoms with E-state index in [0.717, 1.165) is 43.7 Å². The summed E-state index contributed by atoms with van der Waals surface area (Å²) in [6, 6.07) is 41.2. The van der Waals surface area contributed by atoms with Crippen molar-refractivity contribution in [3.05, 3.63) is 247 Å². The molecule has 13 aromatic rings. The highest BCUT2D eigenvalue weighted by Crippen LogP contribution is 2.48. The van der Waals surface area contributed by atoms with Crippen molar-refractivity contribution in [3.8, 4) is 50.9 Å².